The first-order valence-electron chi connectivity index (χ1n) is 9.12. The maximum Gasteiger partial charge on any atom is 0.309 e. The van der Waals surface area contributed by atoms with E-state index in [1.165, 1.54) is 37.2 Å². The third-order valence-corrected chi connectivity index (χ3v) is 4.76. The quantitative estimate of drug-likeness (QED) is 0.511. The van der Waals surface area contributed by atoms with Gasteiger partial charge in [0, 0.05) is 12.1 Å². The second kappa shape index (κ2) is 8.73. The van der Waals surface area contributed by atoms with Gasteiger partial charge in [-0.3, -0.25) is 9.59 Å². The standard InChI is InChI=1S/C20H24N2O5/c23-18(21-10-8-15-5-2-1-3-6-15)19(24)22-14-20(25,16-9-12-26-13-16)17-7-4-11-27-17/h4-5,7,9,11-13,25H,1-3,6,8,10,14H2,(H,21,23)(H,22,24). The first kappa shape index (κ1) is 19.0. The maximum absolute atomic E-state index is 12.1. The van der Waals surface area contributed by atoms with Crippen molar-refractivity contribution in [2.24, 2.45) is 0 Å². The van der Waals surface area contributed by atoms with E-state index in [1.54, 1.807) is 18.2 Å². The Hall–Kier alpha value is -2.80. The summed E-state index contributed by atoms with van der Waals surface area (Å²) in [7, 11) is 0. The van der Waals surface area contributed by atoms with Crippen LogP contribution < -0.4 is 10.6 Å². The third kappa shape index (κ3) is 4.68. The zero-order valence-corrected chi connectivity index (χ0v) is 15.1. The summed E-state index contributed by atoms with van der Waals surface area (Å²) in [5.74, 6) is -1.28. The molecule has 1 unspecified atom stereocenters. The number of carbonyl (C=O) groups is 2. The fraction of sp³-hybridized carbons (Fsp3) is 0.400. The molecule has 1 aliphatic carbocycles. The highest BCUT2D eigenvalue weighted by Crippen LogP contribution is 2.29. The molecule has 2 heterocycles. The number of aliphatic hydroxyl groups is 1. The average Bonchev–Trinajstić information content (AvgIpc) is 3.41. The van der Waals surface area contributed by atoms with E-state index in [1.807, 2.05) is 0 Å². The number of carbonyl (C=O) groups excluding carboxylic acids is 2. The molecule has 0 radical (unpaired) electrons. The molecule has 2 amide bonds. The van der Waals surface area contributed by atoms with Crippen molar-refractivity contribution in [2.45, 2.75) is 37.7 Å². The first-order valence-corrected chi connectivity index (χ1v) is 9.12. The van der Waals surface area contributed by atoms with Crippen LogP contribution in [-0.4, -0.2) is 30.0 Å². The van der Waals surface area contributed by atoms with Gasteiger partial charge in [-0.05, 0) is 50.3 Å². The van der Waals surface area contributed by atoms with Gasteiger partial charge >= 0.3 is 11.8 Å². The van der Waals surface area contributed by atoms with Crippen molar-refractivity contribution < 1.29 is 23.5 Å². The number of furan rings is 2. The lowest BCUT2D eigenvalue weighted by Crippen LogP contribution is -2.46. The van der Waals surface area contributed by atoms with E-state index in [-0.39, 0.29) is 12.3 Å². The number of rotatable bonds is 7. The summed E-state index contributed by atoms with van der Waals surface area (Å²) < 4.78 is 10.3. The predicted molar refractivity (Wildman–Crippen MR) is 97.6 cm³/mol. The van der Waals surface area contributed by atoms with Crippen LogP contribution in [0.15, 0.2) is 57.5 Å². The Bertz CT molecular complexity index is 743. The summed E-state index contributed by atoms with van der Waals surface area (Å²) in [6.07, 6.45) is 11.7. The number of nitrogens with one attached hydrogen (secondary N) is 2. The Labute approximate surface area is 157 Å². The normalized spacial score (nSPS) is 16.3. The monoisotopic (exact) mass is 372 g/mol. The zero-order valence-electron chi connectivity index (χ0n) is 15.1. The molecule has 0 fully saturated rings. The molecule has 144 valence electrons. The van der Waals surface area contributed by atoms with E-state index in [4.69, 9.17) is 8.83 Å². The van der Waals surface area contributed by atoms with Gasteiger partial charge in [0.1, 0.15) is 5.76 Å². The molecular formula is C20H24N2O5. The summed E-state index contributed by atoms with van der Waals surface area (Å²) in [4.78, 5) is 24.1. The van der Waals surface area contributed by atoms with Gasteiger partial charge in [-0.2, -0.15) is 0 Å². The van der Waals surface area contributed by atoms with Gasteiger partial charge < -0.3 is 24.6 Å². The van der Waals surface area contributed by atoms with Gasteiger partial charge in [-0.1, -0.05) is 11.6 Å². The lowest BCUT2D eigenvalue weighted by atomic mass is 9.93. The Morgan fingerprint density at radius 1 is 1.15 bits per heavy atom. The molecule has 1 aliphatic rings. The smallest absolute Gasteiger partial charge is 0.309 e. The second-order valence-corrected chi connectivity index (χ2v) is 6.65. The minimum Gasteiger partial charge on any atom is -0.472 e. The SMILES string of the molecule is O=C(NCCC1=CCCCC1)C(=O)NCC(O)(c1ccoc1)c1ccco1. The first-order chi connectivity index (χ1) is 13.1. The molecule has 3 N–H and O–H groups in total. The van der Waals surface area contributed by atoms with E-state index in [9.17, 15) is 14.7 Å². The third-order valence-electron chi connectivity index (χ3n) is 4.76. The van der Waals surface area contributed by atoms with Crippen LogP contribution >= 0.6 is 0 Å². The van der Waals surface area contributed by atoms with Crippen LogP contribution in [0.5, 0.6) is 0 Å². The Balaban J connectivity index is 1.53. The number of hydrogen-bond donors (Lipinski definition) is 3. The van der Waals surface area contributed by atoms with Crippen molar-refractivity contribution in [3.05, 3.63) is 60.0 Å². The maximum atomic E-state index is 12.1. The van der Waals surface area contributed by atoms with Crippen LogP contribution in [0.1, 0.15) is 43.4 Å². The summed E-state index contributed by atoms with van der Waals surface area (Å²) in [6.45, 7) is 0.194. The van der Waals surface area contributed by atoms with Crippen LogP contribution in [0.4, 0.5) is 0 Å². The minimum atomic E-state index is -1.63. The molecule has 7 nitrogen and oxygen atoms in total. The topological polar surface area (TPSA) is 105 Å². The zero-order chi connectivity index (χ0) is 19.1. The van der Waals surface area contributed by atoms with Crippen LogP contribution in [-0.2, 0) is 15.2 Å². The van der Waals surface area contributed by atoms with Gasteiger partial charge in [0.15, 0.2) is 5.60 Å². The fourth-order valence-corrected chi connectivity index (χ4v) is 3.18. The lowest BCUT2D eigenvalue weighted by Gasteiger charge is -2.25. The average molecular weight is 372 g/mol. The largest absolute Gasteiger partial charge is 0.472 e. The molecule has 0 aromatic carbocycles. The molecule has 0 bridgehead atoms. The van der Waals surface area contributed by atoms with E-state index in [0.717, 1.165) is 19.3 Å². The van der Waals surface area contributed by atoms with E-state index < -0.39 is 17.4 Å². The summed E-state index contributed by atoms with van der Waals surface area (Å²) in [5.41, 5.74) is 0.121. The number of hydrogen-bond acceptors (Lipinski definition) is 5. The summed E-state index contributed by atoms with van der Waals surface area (Å²) >= 11 is 0. The van der Waals surface area contributed by atoms with Crippen molar-refractivity contribution in [2.75, 3.05) is 13.1 Å². The second-order valence-electron chi connectivity index (χ2n) is 6.65. The minimum absolute atomic E-state index is 0.225. The van der Waals surface area contributed by atoms with Crippen molar-refractivity contribution in [1.82, 2.24) is 10.6 Å². The van der Waals surface area contributed by atoms with Crippen molar-refractivity contribution >= 4 is 11.8 Å². The molecule has 2 aromatic rings. The highest BCUT2D eigenvalue weighted by Gasteiger charge is 2.36. The molecule has 0 aliphatic heterocycles. The van der Waals surface area contributed by atoms with Gasteiger partial charge in [-0.15, -0.1) is 0 Å². The van der Waals surface area contributed by atoms with Crippen LogP contribution in [0.25, 0.3) is 0 Å². The van der Waals surface area contributed by atoms with E-state index in [2.05, 4.69) is 16.7 Å². The van der Waals surface area contributed by atoms with Crippen LogP contribution in [0.2, 0.25) is 0 Å². The molecular weight excluding hydrogens is 348 g/mol. The highest BCUT2D eigenvalue weighted by molar-refractivity contribution is 6.35. The van der Waals surface area contributed by atoms with Crippen molar-refractivity contribution in [3.8, 4) is 0 Å². The fourth-order valence-electron chi connectivity index (χ4n) is 3.18. The Kier molecular flexibility index (Phi) is 6.13. The van der Waals surface area contributed by atoms with Crippen molar-refractivity contribution in [1.29, 1.82) is 0 Å². The molecule has 0 saturated heterocycles. The molecule has 0 saturated carbocycles. The van der Waals surface area contributed by atoms with Crippen LogP contribution in [0, 0.1) is 0 Å². The van der Waals surface area contributed by atoms with E-state index >= 15 is 0 Å². The number of allylic oxidation sites excluding steroid dienone is 1. The molecule has 3 rings (SSSR count). The molecule has 27 heavy (non-hydrogen) atoms. The van der Waals surface area contributed by atoms with Gasteiger partial charge in [0.25, 0.3) is 0 Å². The predicted octanol–water partition coefficient (Wildman–Crippen LogP) is 2.23. The molecule has 0 spiro atoms. The van der Waals surface area contributed by atoms with Crippen LogP contribution in [0.3, 0.4) is 0 Å². The Morgan fingerprint density at radius 3 is 2.67 bits per heavy atom. The highest BCUT2D eigenvalue weighted by atomic mass is 16.4. The van der Waals surface area contributed by atoms with Gasteiger partial charge in [0.2, 0.25) is 0 Å². The van der Waals surface area contributed by atoms with Gasteiger partial charge in [0.05, 0.1) is 25.3 Å². The Morgan fingerprint density at radius 2 is 2.00 bits per heavy atom. The van der Waals surface area contributed by atoms with E-state index in [0.29, 0.717) is 12.1 Å². The lowest BCUT2D eigenvalue weighted by molar-refractivity contribution is -0.139. The molecule has 1 atom stereocenters. The van der Waals surface area contributed by atoms with Crippen molar-refractivity contribution in [3.63, 3.8) is 0 Å². The van der Waals surface area contributed by atoms with Gasteiger partial charge in [-0.25, -0.2) is 0 Å². The number of amides is 2. The molecule has 2 aromatic heterocycles. The summed E-state index contributed by atoms with van der Waals surface area (Å²) in [6, 6.07) is 4.80. The molecule has 7 heteroatoms. The summed E-state index contributed by atoms with van der Waals surface area (Å²) in [5, 5.41) is 16.1.